The molecule has 0 bridgehead atoms. The molecule has 0 fully saturated rings. The molecule has 1 aromatic carbocycles. The quantitative estimate of drug-likeness (QED) is 0.760. The minimum Gasteiger partial charge on any atom is -0.478 e. The highest BCUT2D eigenvalue weighted by Gasteiger charge is 2.17. The fourth-order valence-electron chi connectivity index (χ4n) is 1.41. The summed E-state index contributed by atoms with van der Waals surface area (Å²) in [7, 11) is 1.50. The number of carboxylic acid groups (broad SMARTS) is 1. The Morgan fingerprint density at radius 3 is 2.70 bits per heavy atom. The molecule has 20 heavy (non-hydrogen) atoms. The Balaban J connectivity index is 2.17. The molecule has 2 aromatic rings. The van der Waals surface area contributed by atoms with Crippen molar-refractivity contribution < 1.29 is 19.1 Å². The highest BCUT2D eigenvalue weighted by Crippen LogP contribution is 2.19. The van der Waals surface area contributed by atoms with Crippen LogP contribution < -0.4 is 10.6 Å². The first-order chi connectivity index (χ1) is 9.47. The molecule has 9 nitrogen and oxygen atoms in total. The highest BCUT2D eigenvalue weighted by atomic mass is 19.1. The standard InChI is InChI=1S/C10H9FN6O3/c1-17-15-9(14-16-17)13-10(20)12-7-5(8(18)19)3-2-4-6(7)11/h2-4H,1H3,(H,18,19)(H2,12,13,15,20). The molecule has 0 atom stereocenters. The molecular weight excluding hydrogens is 271 g/mol. The number of anilines is 2. The van der Waals surface area contributed by atoms with Gasteiger partial charge in [0.1, 0.15) is 5.82 Å². The van der Waals surface area contributed by atoms with Gasteiger partial charge in [0.15, 0.2) is 0 Å². The minimum absolute atomic E-state index is 0.0989. The van der Waals surface area contributed by atoms with Gasteiger partial charge in [0.2, 0.25) is 0 Å². The predicted octanol–water partition coefficient (Wildman–Crippen LogP) is 0.691. The maximum Gasteiger partial charge on any atom is 0.337 e. The van der Waals surface area contributed by atoms with Crippen molar-refractivity contribution in [3.63, 3.8) is 0 Å². The first kappa shape index (κ1) is 13.4. The molecule has 0 saturated heterocycles. The summed E-state index contributed by atoms with van der Waals surface area (Å²) in [5.74, 6) is -2.33. The number of nitrogens with zero attached hydrogens (tertiary/aromatic N) is 4. The number of urea groups is 1. The third-order valence-electron chi connectivity index (χ3n) is 2.22. The van der Waals surface area contributed by atoms with Gasteiger partial charge in [-0.3, -0.25) is 5.32 Å². The predicted molar refractivity (Wildman–Crippen MR) is 64.8 cm³/mol. The number of para-hydroxylation sites is 1. The monoisotopic (exact) mass is 280 g/mol. The van der Waals surface area contributed by atoms with E-state index in [0.717, 1.165) is 10.9 Å². The summed E-state index contributed by atoms with van der Waals surface area (Å²) in [6.45, 7) is 0. The number of carbonyl (C=O) groups excluding carboxylic acids is 1. The van der Waals surface area contributed by atoms with Crippen LogP contribution in [0.15, 0.2) is 18.2 Å². The SMILES string of the molecule is Cn1nnc(NC(=O)Nc2c(F)cccc2C(=O)O)n1. The lowest BCUT2D eigenvalue weighted by Crippen LogP contribution is -2.22. The molecular formula is C10H9FN6O3. The topological polar surface area (TPSA) is 122 Å². The number of amides is 2. The number of rotatable bonds is 3. The number of aryl methyl sites for hydroxylation is 1. The highest BCUT2D eigenvalue weighted by molar-refractivity contribution is 6.04. The third-order valence-corrected chi connectivity index (χ3v) is 2.22. The Labute approximate surface area is 111 Å². The Morgan fingerprint density at radius 1 is 1.35 bits per heavy atom. The van der Waals surface area contributed by atoms with Crippen LogP contribution in [0.4, 0.5) is 20.8 Å². The van der Waals surface area contributed by atoms with Crippen LogP contribution in [0.1, 0.15) is 10.4 Å². The van der Waals surface area contributed by atoms with E-state index in [1.807, 2.05) is 0 Å². The lowest BCUT2D eigenvalue weighted by molar-refractivity contribution is 0.0697. The molecule has 2 rings (SSSR count). The molecule has 0 radical (unpaired) electrons. The smallest absolute Gasteiger partial charge is 0.337 e. The Morgan fingerprint density at radius 2 is 2.10 bits per heavy atom. The number of hydrogen-bond donors (Lipinski definition) is 3. The van der Waals surface area contributed by atoms with Crippen molar-refractivity contribution in [2.24, 2.45) is 7.05 Å². The third kappa shape index (κ3) is 2.85. The number of halogens is 1. The molecule has 0 aliphatic heterocycles. The van der Waals surface area contributed by atoms with Crippen molar-refractivity contribution in [2.45, 2.75) is 0 Å². The van der Waals surface area contributed by atoms with E-state index in [2.05, 4.69) is 26.0 Å². The lowest BCUT2D eigenvalue weighted by atomic mass is 10.1. The molecule has 0 spiro atoms. The fourth-order valence-corrected chi connectivity index (χ4v) is 1.41. The summed E-state index contributed by atoms with van der Waals surface area (Å²) in [6, 6.07) is 2.54. The van der Waals surface area contributed by atoms with Crippen LogP contribution in [0.5, 0.6) is 0 Å². The molecule has 0 unspecified atom stereocenters. The van der Waals surface area contributed by atoms with Crippen molar-refractivity contribution in [3.05, 3.63) is 29.6 Å². The molecule has 1 aromatic heterocycles. The van der Waals surface area contributed by atoms with Crippen LogP contribution in [0.2, 0.25) is 0 Å². The number of tetrazole rings is 1. The molecule has 1 heterocycles. The van der Waals surface area contributed by atoms with E-state index in [0.29, 0.717) is 0 Å². The molecule has 104 valence electrons. The van der Waals surface area contributed by atoms with Gasteiger partial charge in [-0.25, -0.2) is 14.0 Å². The Hall–Kier alpha value is -3.04. The van der Waals surface area contributed by atoms with Gasteiger partial charge < -0.3 is 10.4 Å². The number of hydrogen-bond acceptors (Lipinski definition) is 5. The van der Waals surface area contributed by atoms with Gasteiger partial charge in [0.05, 0.1) is 18.3 Å². The second kappa shape index (κ2) is 5.30. The first-order valence-electron chi connectivity index (χ1n) is 5.31. The van der Waals surface area contributed by atoms with E-state index in [1.54, 1.807) is 0 Å². The average Bonchev–Trinajstić information content (AvgIpc) is 2.77. The van der Waals surface area contributed by atoms with E-state index >= 15 is 0 Å². The maximum absolute atomic E-state index is 13.6. The molecule has 3 N–H and O–H groups in total. The van der Waals surface area contributed by atoms with Gasteiger partial charge in [-0.2, -0.15) is 4.80 Å². The number of carbonyl (C=O) groups is 2. The summed E-state index contributed by atoms with van der Waals surface area (Å²) in [5.41, 5.74) is -0.811. The van der Waals surface area contributed by atoms with Crippen molar-refractivity contribution in [1.82, 2.24) is 20.2 Å². The zero-order valence-electron chi connectivity index (χ0n) is 10.2. The van der Waals surface area contributed by atoms with E-state index < -0.39 is 23.5 Å². The summed E-state index contributed by atoms with van der Waals surface area (Å²) >= 11 is 0. The number of aromatic carboxylic acids is 1. The Kier molecular flexibility index (Phi) is 3.55. The van der Waals surface area contributed by atoms with Crippen LogP contribution >= 0.6 is 0 Å². The fraction of sp³-hybridized carbons (Fsp3) is 0.100. The van der Waals surface area contributed by atoms with E-state index in [4.69, 9.17) is 5.11 Å². The van der Waals surface area contributed by atoms with E-state index in [1.165, 1.54) is 19.2 Å². The summed E-state index contributed by atoms with van der Waals surface area (Å²) in [5, 5.41) is 23.9. The van der Waals surface area contributed by atoms with E-state index in [-0.39, 0.29) is 11.5 Å². The largest absolute Gasteiger partial charge is 0.478 e. The van der Waals surface area contributed by atoms with Crippen LogP contribution in [0.3, 0.4) is 0 Å². The Bertz CT molecular complexity index is 671. The maximum atomic E-state index is 13.6. The van der Waals surface area contributed by atoms with Crippen LogP contribution in [0.25, 0.3) is 0 Å². The molecule has 0 aliphatic rings. The van der Waals surface area contributed by atoms with Crippen molar-refractivity contribution in [3.8, 4) is 0 Å². The summed E-state index contributed by atoms with van der Waals surface area (Å²) in [6.07, 6.45) is 0. The normalized spacial score (nSPS) is 10.1. The minimum atomic E-state index is -1.36. The zero-order valence-corrected chi connectivity index (χ0v) is 10.2. The van der Waals surface area contributed by atoms with Gasteiger partial charge in [-0.1, -0.05) is 11.2 Å². The number of benzene rings is 1. The van der Waals surface area contributed by atoms with E-state index in [9.17, 15) is 14.0 Å². The molecule has 2 amide bonds. The number of aromatic nitrogens is 4. The number of carboxylic acids is 1. The molecule has 0 saturated carbocycles. The van der Waals surface area contributed by atoms with Crippen LogP contribution in [-0.2, 0) is 7.05 Å². The van der Waals surface area contributed by atoms with Gasteiger partial charge in [0, 0.05) is 0 Å². The van der Waals surface area contributed by atoms with Crippen molar-refractivity contribution in [1.29, 1.82) is 0 Å². The summed E-state index contributed by atoms with van der Waals surface area (Å²) < 4.78 is 13.6. The van der Waals surface area contributed by atoms with Crippen molar-refractivity contribution in [2.75, 3.05) is 10.6 Å². The van der Waals surface area contributed by atoms with Crippen LogP contribution in [-0.4, -0.2) is 37.3 Å². The van der Waals surface area contributed by atoms with Gasteiger partial charge in [0.25, 0.3) is 5.95 Å². The van der Waals surface area contributed by atoms with Crippen LogP contribution in [0, 0.1) is 5.82 Å². The van der Waals surface area contributed by atoms with Gasteiger partial charge in [-0.15, -0.1) is 5.10 Å². The van der Waals surface area contributed by atoms with Gasteiger partial charge >= 0.3 is 12.0 Å². The van der Waals surface area contributed by atoms with Crippen molar-refractivity contribution >= 4 is 23.6 Å². The second-order valence-electron chi connectivity index (χ2n) is 3.65. The second-order valence-corrected chi connectivity index (χ2v) is 3.65. The van der Waals surface area contributed by atoms with Gasteiger partial charge in [-0.05, 0) is 17.3 Å². The molecule has 10 heteroatoms. The number of nitrogens with one attached hydrogen (secondary N) is 2. The average molecular weight is 280 g/mol. The summed E-state index contributed by atoms with van der Waals surface area (Å²) in [4.78, 5) is 23.7. The molecule has 0 aliphatic carbocycles. The zero-order chi connectivity index (χ0) is 14.7. The lowest BCUT2D eigenvalue weighted by Gasteiger charge is -2.08. The first-order valence-corrected chi connectivity index (χ1v) is 5.31.